The minimum absolute atomic E-state index is 0.00760. The van der Waals surface area contributed by atoms with Crippen molar-refractivity contribution in [2.75, 3.05) is 7.05 Å². The lowest BCUT2D eigenvalue weighted by molar-refractivity contribution is 0.337. The van der Waals surface area contributed by atoms with E-state index in [-0.39, 0.29) is 16.1 Å². The minimum atomic E-state index is -3.63. The van der Waals surface area contributed by atoms with Gasteiger partial charge in [-0.1, -0.05) is 25.4 Å². The fourth-order valence-electron chi connectivity index (χ4n) is 1.81. The summed E-state index contributed by atoms with van der Waals surface area (Å²) in [6.07, 6.45) is 2.26. The standard InChI is InChI=1S/C12H18BrClN2O2S/c1-8(2)5-9(3)16(4)19(17,18)11-6-10(13)7-15-12(11)14/h6-9H,5H2,1-4H3. The van der Waals surface area contributed by atoms with Gasteiger partial charge in [-0.2, -0.15) is 4.31 Å². The van der Waals surface area contributed by atoms with Crippen LogP contribution in [0.2, 0.25) is 5.15 Å². The third kappa shape index (κ3) is 4.15. The van der Waals surface area contributed by atoms with Gasteiger partial charge in [-0.25, -0.2) is 13.4 Å². The van der Waals surface area contributed by atoms with Crippen molar-refractivity contribution in [2.24, 2.45) is 5.92 Å². The number of pyridine rings is 1. The van der Waals surface area contributed by atoms with Crippen molar-refractivity contribution in [2.45, 2.75) is 38.1 Å². The third-order valence-corrected chi connectivity index (χ3v) is 5.70. The lowest BCUT2D eigenvalue weighted by atomic mass is 10.1. The molecule has 7 heteroatoms. The first-order valence-corrected chi connectivity index (χ1v) is 8.56. The van der Waals surface area contributed by atoms with Crippen LogP contribution in [0.5, 0.6) is 0 Å². The van der Waals surface area contributed by atoms with Crippen molar-refractivity contribution in [3.63, 3.8) is 0 Å². The molecule has 0 spiro atoms. The number of sulfonamides is 1. The van der Waals surface area contributed by atoms with Crippen molar-refractivity contribution in [3.8, 4) is 0 Å². The van der Waals surface area contributed by atoms with E-state index in [1.807, 2.05) is 6.92 Å². The first-order chi connectivity index (χ1) is 8.66. The molecule has 0 saturated carbocycles. The van der Waals surface area contributed by atoms with Gasteiger partial charge in [0.15, 0.2) is 0 Å². The van der Waals surface area contributed by atoms with Crippen LogP contribution in [0.15, 0.2) is 21.6 Å². The van der Waals surface area contributed by atoms with Gasteiger partial charge in [-0.15, -0.1) is 0 Å². The van der Waals surface area contributed by atoms with Crippen molar-refractivity contribution in [1.29, 1.82) is 0 Å². The first kappa shape index (κ1) is 16.9. The molecule has 0 radical (unpaired) electrons. The van der Waals surface area contributed by atoms with Crippen LogP contribution in [0.1, 0.15) is 27.2 Å². The summed E-state index contributed by atoms with van der Waals surface area (Å²) in [5.74, 6) is 0.420. The van der Waals surface area contributed by atoms with Gasteiger partial charge < -0.3 is 0 Å². The van der Waals surface area contributed by atoms with Crippen LogP contribution >= 0.6 is 27.5 Å². The lowest BCUT2D eigenvalue weighted by Crippen LogP contribution is -2.36. The summed E-state index contributed by atoms with van der Waals surface area (Å²) >= 11 is 9.11. The normalized spacial score (nSPS) is 14.1. The number of halogens is 2. The molecule has 0 aliphatic carbocycles. The molecule has 1 heterocycles. The molecule has 0 aromatic carbocycles. The van der Waals surface area contributed by atoms with Gasteiger partial charge in [0.05, 0.1) is 0 Å². The molecular weight excluding hydrogens is 352 g/mol. The SMILES string of the molecule is CC(C)CC(C)N(C)S(=O)(=O)c1cc(Br)cnc1Cl. The van der Waals surface area contributed by atoms with Crippen LogP contribution in [-0.4, -0.2) is 30.8 Å². The monoisotopic (exact) mass is 368 g/mol. The zero-order valence-electron chi connectivity index (χ0n) is 11.4. The molecule has 1 aromatic heterocycles. The molecule has 1 atom stereocenters. The van der Waals surface area contributed by atoms with Gasteiger partial charge >= 0.3 is 0 Å². The molecule has 0 amide bonds. The highest BCUT2D eigenvalue weighted by Crippen LogP contribution is 2.27. The van der Waals surface area contributed by atoms with E-state index in [2.05, 4.69) is 34.8 Å². The predicted molar refractivity (Wildman–Crippen MR) is 80.8 cm³/mol. The molecule has 1 aromatic rings. The predicted octanol–water partition coefficient (Wildman–Crippen LogP) is 3.55. The maximum absolute atomic E-state index is 12.5. The molecule has 0 aliphatic rings. The largest absolute Gasteiger partial charge is 0.246 e. The second kappa shape index (κ2) is 6.52. The number of aromatic nitrogens is 1. The average molecular weight is 370 g/mol. The topological polar surface area (TPSA) is 50.3 Å². The van der Waals surface area contributed by atoms with Crippen LogP contribution in [0.25, 0.3) is 0 Å². The van der Waals surface area contributed by atoms with Crippen LogP contribution in [0.4, 0.5) is 0 Å². The highest BCUT2D eigenvalue weighted by atomic mass is 79.9. The first-order valence-electron chi connectivity index (χ1n) is 5.95. The van der Waals surface area contributed by atoms with Gasteiger partial charge in [-0.3, -0.25) is 0 Å². The number of rotatable bonds is 5. The Morgan fingerprint density at radius 1 is 1.42 bits per heavy atom. The lowest BCUT2D eigenvalue weighted by Gasteiger charge is -2.25. The Labute approximate surface area is 128 Å². The van der Waals surface area contributed by atoms with Gasteiger partial charge in [0.1, 0.15) is 10.0 Å². The zero-order chi connectivity index (χ0) is 14.8. The molecule has 1 rings (SSSR count). The van der Waals surface area contributed by atoms with Crippen molar-refractivity contribution >= 4 is 37.6 Å². The van der Waals surface area contributed by atoms with Gasteiger partial charge in [-0.05, 0) is 41.3 Å². The van der Waals surface area contributed by atoms with E-state index in [9.17, 15) is 8.42 Å². The maximum Gasteiger partial charge on any atom is 0.246 e. The molecule has 4 nitrogen and oxygen atoms in total. The number of hydrogen-bond donors (Lipinski definition) is 0. The molecule has 0 N–H and O–H groups in total. The molecule has 19 heavy (non-hydrogen) atoms. The van der Waals surface area contributed by atoms with Gasteiger partial charge in [0.2, 0.25) is 10.0 Å². The average Bonchev–Trinajstić information content (AvgIpc) is 2.30. The summed E-state index contributed by atoms with van der Waals surface area (Å²) in [6, 6.07) is 1.38. The Hall–Kier alpha value is -0.170. The molecule has 1 unspecified atom stereocenters. The van der Waals surface area contributed by atoms with Gasteiger partial charge in [0.25, 0.3) is 0 Å². The summed E-state index contributed by atoms with van der Waals surface area (Å²) in [5, 5.41) is -0.00760. The molecule has 108 valence electrons. The Morgan fingerprint density at radius 2 is 2.00 bits per heavy atom. The Balaban J connectivity index is 3.13. The van der Waals surface area contributed by atoms with E-state index < -0.39 is 10.0 Å². The van der Waals surface area contributed by atoms with Crippen molar-refractivity contribution in [3.05, 3.63) is 21.9 Å². The van der Waals surface area contributed by atoms with E-state index in [0.717, 1.165) is 6.42 Å². The second-order valence-corrected chi connectivity index (χ2v) is 8.18. The Kier molecular flexibility index (Phi) is 5.79. The van der Waals surface area contributed by atoms with E-state index in [1.165, 1.54) is 16.6 Å². The van der Waals surface area contributed by atoms with Crippen LogP contribution < -0.4 is 0 Å². The fraction of sp³-hybridized carbons (Fsp3) is 0.583. The van der Waals surface area contributed by atoms with Crippen molar-refractivity contribution in [1.82, 2.24) is 9.29 Å². The molecule has 0 fully saturated rings. The second-order valence-electron chi connectivity index (χ2n) is 4.94. The van der Waals surface area contributed by atoms with E-state index in [1.54, 1.807) is 7.05 Å². The smallest absolute Gasteiger partial charge is 0.242 e. The summed E-state index contributed by atoms with van der Waals surface area (Å²) in [7, 11) is -2.06. The summed E-state index contributed by atoms with van der Waals surface area (Å²) in [5.41, 5.74) is 0. The summed E-state index contributed by atoms with van der Waals surface area (Å²) in [4.78, 5) is 3.89. The van der Waals surface area contributed by atoms with Crippen molar-refractivity contribution < 1.29 is 8.42 Å². The highest BCUT2D eigenvalue weighted by molar-refractivity contribution is 9.10. The summed E-state index contributed by atoms with van der Waals surface area (Å²) in [6.45, 7) is 6.01. The Morgan fingerprint density at radius 3 is 2.53 bits per heavy atom. The molecule has 0 saturated heterocycles. The summed E-state index contributed by atoms with van der Waals surface area (Å²) < 4.78 is 27.0. The zero-order valence-corrected chi connectivity index (χ0v) is 14.6. The van der Waals surface area contributed by atoms with Crippen LogP contribution in [0.3, 0.4) is 0 Å². The van der Waals surface area contributed by atoms with Crippen LogP contribution in [0, 0.1) is 5.92 Å². The number of nitrogens with zero attached hydrogens (tertiary/aromatic N) is 2. The third-order valence-electron chi connectivity index (χ3n) is 2.86. The minimum Gasteiger partial charge on any atom is -0.242 e. The van der Waals surface area contributed by atoms with E-state index in [0.29, 0.717) is 10.4 Å². The maximum atomic E-state index is 12.5. The van der Waals surface area contributed by atoms with Crippen LogP contribution in [-0.2, 0) is 10.0 Å². The Bertz CT molecular complexity index is 549. The quantitative estimate of drug-likeness (QED) is 0.746. The molecule has 0 bridgehead atoms. The highest BCUT2D eigenvalue weighted by Gasteiger charge is 2.28. The van der Waals surface area contributed by atoms with E-state index in [4.69, 9.17) is 11.6 Å². The van der Waals surface area contributed by atoms with Gasteiger partial charge in [0, 0.05) is 23.8 Å². The number of hydrogen-bond acceptors (Lipinski definition) is 3. The molecule has 0 aliphatic heterocycles. The van der Waals surface area contributed by atoms with E-state index >= 15 is 0 Å². The molecular formula is C12H18BrClN2O2S. The fourth-order valence-corrected chi connectivity index (χ4v) is 4.10.